The van der Waals surface area contributed by atoms with Crippen LogP contribution in [0.3, 0.4) is 0 Å². The number of rotatable bonds is 2. The van der Waals surface area contributed by atoms with Crippen LogP contribution >= 0.6 is 0 Å². The molecule has 0 spiro atoms. The first-order valence-corrected chi connectivity index (χ1v) is 17.9. The molecule has 0 saturated carbocycles. The second kappa shape index (κ2) is 10.3. The predicted molar refractivity (Wildman–Crippen MR) is 221 cm³/mol. The summed E-state index contributed by atoms with van der Waals surface area (Å²) >= 11 is 0. The quantitative estimate of drug-likeness (QED) is 0.169. The van der Waals surface area contributed by atoms with E-state index in [0.717, 1.165) is 33.3 Å². The molecule has 0 fully saturated rings. The summed E-state index contributed by atoms with van der Waals surface area (Å²) in [5, 5.41) is 17.4. The highest BCUT2D eigenvalue weighted by atomic mass is 16.3. The number of benzene rings is 10. The molecular formula is C50H29NO. The van der Waals surface area contributed by atoms with E-state index in [-0.39, 0.29) is 0 Å². The molecule has 12 rings (SSSR count). The van der Waals surface area contributed by atoms with Gasteiger partial charge < -0.3 is 8.98 Å². The molecule has 0 radical (unpaired) electrons. The van der Waals surface area contributed by atoms with Gasteiger partial charge in [-0.1, -0.05) is 146 Å². The van der Waals surface area contributed by atoms with Crippen LogP contribution in [0.1, 0.15) is 0 Å². The number of para-hydroxylation sites is 2. The third kappa shape index (κ3) is 3.68. The Hall–Kier alpha value is -6.90. The van der Waals surface area contributed by atoms with Crippen LogP contribution in [0.2, 0.25) is 0 Å². The van der Waals surface area contributed by atoms with E-state index >= 15 is 0 Å². The van der Waals surface area contributed by atoms with Crippen LogP contribution in [-0.2, 0) is 0 Å². The Kier molecular flexibility index (Phi) is 5.53. The van der Waals surface area contributed by atoms with E-state index in [1.807, 2.05) is 0 Å². The number of aromatic nitrogens is 1. The summed E-state index contributed by atoms with van der Waals surface area (Å²) in [5.74, 6) is 0. The minimum Gasteiger partial charge on any atom is -0.454 e. The van der Waals surface area contributed by atoms with E-state index < -0.39 is 0 Å². The smallest absolute Gasteiger partial charge is 0.160 e. The van der Waals surface area contributed by atoms with Crippen molar-refractivity contribution in [1.82, 2.24) is 4.57 Å². The molecule has 0 N–H and O–H groups in total. The Morgan fingerprint density at radius 1 is 0.346 bits per heavy atom. The monoisotopic (exact) mass is 659 g/mol. The second-order valence-corrected chi connectivity index (χ2v) is 14.0. The summed E-state index contributed by atoms with van der Waals surface area (Å²) in [6.07, 6.45) is 0. The van der Waals surface area contributed by atoms with Crippen LogP contribution in [0.25, 0.3) is 114 Å². The highest BCUT2D eigenvalue weighted by molar-refractivity contribution is 6.44. The largest absolute Gasteiger partial charge is 0.454 e. The average Bonchev–Trinajstić information content (AvgIpc) is 3.77. The Bertz CT molecular complexity index is 3450. The lowest BCUT2D eigenvalue weighted by atomic mass is 9.89. The molecule has 52 heavy (non-hydrogen) atoms. The molecule has 0 atom stereocenters. The molecule has 0 aliphatic heterocycles. The molecule has 2 aromatic heterocycles. The molecule has 0 saturated heterocycles. The summed E-state index contributed by atoms with van der Waals surface area (Å²) in [6, 6.07) is 64.1. The van der Waals surface area contributed by atoms with Gasteiger partial charge in [0.15, 0.2) is 5.58 Å². The van der Waals surface area contributed by atoms with Crippen molar-refractivity contribution in [2.75, 3.05) is 0 Å². The molecule has 10 aromatic carbocycles. The fourth-order valence-electron chi connectivity index (χ4n) is 9.09. The minimum absolute atomic E-state index is 0.903. The maximum absolute atomic E-state index is 6.97. The van der Waals surface area contributed by atoms with Crippen molar-refractivity contribution in [3.63, 3.8) is 0 Å². The lowest BCUT2D eigenvalue weighted by Crippen LogP contribution is -1.95. The molecule has 0 amide bonds. The molecule has 2 heterocycles. The number of nitrogens with zero attached hydrogens (tertiary/aromatic N) is 1. The van der Waals surface area contributed by atoms with Crippen molar-refractivity contribution in [1.29, 1.82) is 0 Å². The lowest BCUT2D eigenvalue weighted by Gasteiger charge is -2.14. The van der Waals surface area contributed by atoms with Gasteiger partial charge in [0.2, 0.25) is 0 Å². The Balaban J connectivity index is 1.19. The van der Waals surface area contributed by atoms with Gasteiger partial charge in [-0.15, -0.1) is 0 Å². The third-order valence-corrected chi connectivity index (χ3v) is 11.3. The molecule has 0 unspecified atom stereocenters. The fourth-order valence-corrected chi connectivity index (χ4v) is 9.09. The van der Waals surface area contributed by atoms with Gasteiger partial charge in [-0.3, -0.25) is 0 Å². The highest BCUT2D eigenvalue weighted by Gasteiger charge is 2.25. The SMILES string of the molecule is c1ccc2c(c1)ccc1cc(-c3ccc(-n4c5ccccc5c5c6c7ccccc7c7ccccc7c6c6c7ccccc7oc6c54)cc3)ccc12. The highest BCUT2D eigenvalue weighted by Crippen LogP contribution is 2.50. The number of hydrogen-bond acceptors (Lipinski definition) is 1. The van der Waals surface area contributed by atoms with E-state index in [1.165, 1.54) is 81.1 Å². The Labute approximate surface area is 298 Å². The summed E-state index contributed by atoms with van der Waals surface area (Å²) in [4.78, 5) is 0. The first-order chi connectivity index (χ1) is 25.8. The molecule has 12 aromatic rings. The van der Waals surface area contributed by atoms with Gasteiger partial charge in [-0.2, -0.15) is 0 Å². The van der Waals surface area contributed by atoms with Crippen molar-refractivity contribution in [3.8, 4) is 16.8 Å². The molecule has 0 aliphatic carbocycles. The van der Waals surface area contributed by atoms with Crippen LogP contribution in [0.4, 0.5) is 0 Å². The summed E-state index contributed by atoms with van der Waals surface area (Å²) in [7, 11) is 0. The van der Waals surface area contributed by atoms with Crippen LogP contribution < -0.4 is 0 Å². The zero-order chi connectivity index (χ0) is 33.9. The van der Waals surface area contributed by atoms with E-state index in [9.17, 15) is 0 Å². The van der Waals surface area contributed by atoms with Crippen molar-refractivity contribution < 1.29 is 4.42 Å². The van der Waals surface area contributed by atoms with Crippen molar-refractivity contribution in [3.05, 3.63) is 176 Å². The minimum atomic E-state index is 0.903. The fraction of sp³-hybridized carbons (Fsp3) is 0. The molecule has 2 heteroatoms. The maximum atomic E-state index is 6.97. The van der Waals surface area contributed by atoms with E-state index in [0.29, 0.717) is 0 Å². The Morgan fingerprint density at radius 2 is 0.904 bits per heavy atom. The number of fused-ring (bicyclic) bond motifs is 18. The lowest BCUT2D eigenvalue weighted by molar-refractivity contribution is 0.671. The van der Waals surface area contributed by atoms with Crippen LogP contribution in [0.15, 0.2) is 180 Å². The van der Waals surface area contributed by atoms with Gasteiger partial charge in [0.05, 0.1) is 11.0 Å². The van der Waals surface area contributed by atoms with Crippen LogP contribution in [-0.4, -0.2) is 4.57 Å². The van der Waals surface area contributed by atoms with Gasteiger partial charge in [-0.25, -0.2) is 0 Å². The molecule has 240 valence electrons. The van der Waals surface area contributed by atoms with Crippen molar-refractivity contribution >= 4 is 97.6 Å². The first kappa shape index (κ1) is 27.9. The predicted octanol–water partition coefficient (Wildman–Crippen LogP) is 14.1. The molecule has 2 nitrogen and oxygen atoms in total. The van der Waals surface area contributed by atoms with Gasteiger partial charge in [-0.05, 0) is 84.5 Å². The van der Waals surface area contributed by atoms with Crippen molar-refractivity contribution in [2.24, 2.45) is 0 Å². The van der Waals surface area contributed by atoms with Gasteiger partial charge in [0, 0.05) is 38.0 Å². The maximum Gasteiger partial charge on any atom is 0.160 e. The number of hydrogen-bond donors (Lipinski definition) is 0. The summed E-state index contributed by atoms with van der Waals surface area (Å²) in [6.45, 7) is 0. The van der Waals surface area contributed by atoms with Gasteiger partial charge >= 0.3 is 0 Å². The molecule has 0 aliphatic rings. The summed E-state index contributed by atoms with van der Waals surface area (Å²) in [5.41, 5.74) is 7.59. The normalized spacial score (nSPS) is 12.2. The van der Waals surface area contributed by atoms with Gasteiger partial charge in [0.25, 0.3) is 0 Å². The third-order valence-electron chi connectivity index (χ3n) is 11.3. The standard InChI is InChI=1S/C50H29NO/c1-2-12-35-31(11-1)21-22-33-29-32(25-28-36(33)35)30-23-26-34(27-24-30)51-43-19-9-7-17-41(43)47-45-39-15-5-3-13-37(39)38-14-4-6-16-40(38)46(45)48-42-18-8-10-20-44(42)52-50(48)49(47)51/h1-29H. The second-order valence-electron chi connectivity index (χ2n) is 14.0. The van der Waals surface area contributed by atoms with Crippen LogP contribution in [0, 0.1) is 0 Å². The van der Waals surface area contributed by atoms with E-state index in [2.05, 4.69) is 180 Å². The molecule has 0 bridgehead atoms. The zero-order valence-electron chi connectivity index (χ0n) is 28.1. The van der Waals surface area contributed by atoms with E-state index in [4.69, 9.17) is 4.42 Å². The number of furan rings is 1. The topological polar surface area (TPSA) is 18.1 Å². The first-order valence-electron chi connectivity index (χ1n) is 17.9. The van der Waals surface area contributed by atoms with Gasteiger partial charge in [0.1, 0.15) is 5.58 Å². The van der Waals surface area contributed by atoms with E-state index in [1.54, 1.807) is 0 Å². The zero-order valence-corrected chi connectivity index (χ0v) is 28.1. The van der Waals surface area contributed by atoms with Crippen LogP contribution in [0.5, 0.6) is 0 Å². The average molecular weight is 660 g/mol. The Morgan fingerprint density at radius 3 is 1.67 bits per heavy atom. The summed E-state index contributed by atoms with van der Waals surface area (Å²) < 4.78 is 9.40. The molecular weight excluding hydrogens is 631 g/mol. The van der Waals surface area contributed by atoms with Crippen molar-refractivity contribution in [2.45, 2.75) is 0 Å².